The fraction of sp³-hybridized carbons (Fsp3) is 0.520. The lowest BCUT2D eigenvalue weighted by Crippen LogP contribution is -2.47. The fourth-order valence-electron chi connectivity index (χ4n) is 3.81. The Morgan fingerprint density at radius 3 is 2.63 bits per heavy atom. The monoisotopic (exact) mass is 728 g/mol. The number of alkyl halides is 1. The minimum Gasteiger partial charge on any atom is -0.480 e. The number of amides is 1. The van der Waals surface area contributed by atoms with Crippen LogP contribution in [-0.2, 0) is 23.9 Å². The van der Waals surface area contributed by atoms with Gasteiger partial charge in [-0.25, -0.2) is 9.18 Å². The molecule has 0 radical (unpaired) electrons. The quantitative estimate of drug-likeness (QED) is 0.0245. The predicted octanol–water partition coefficient (Wildman–Crippen LogP) is 2.05. The highest BCUT2D eigenvalue weighted by Crippen LogP contribution is 2.40. The number of carboxylic acid groups (broad SMARTS) is 3. The van der Waals surface area contributed by atoms with Crippen molar-refractivity contribution in [1.82, 2.24) is 15.5 Å². The van der Waals surface area contributed by atoms with Crippen molar-refractivity contribution in [2.24, 2.45) is 5.73 Å². The molecule has 0 bridgehead atoms. The van der Waals surface area contributed by atoms with Crippen LogP contribution in [0.4, 0.5) is 4.39 Å². The van der Waals surface area contributed by atoms with Crippen molar-refractivity contribution in [1.29, 1.82) is 0 Å². The molecule has 1 aromatic rings. The van der Waals surface area contributed by atoms with Crippen molar-refractivity contribution in [3.8, 4) is 0 Å². The van der Waals surface area contributed by atoms with Gasteiger partial charge < -0.3 is 31.1 Å². The third-order valence-electron chi connectivity index (χ3n) is 5.97. The van der Waals surface area contributed by atoms with Gasteiger partial charge in [0.05, 0.1) is 16.8 Å². The van der Waals surface area contributed by atoms with Gasteiger partial charge in [-0.3, -0.25) is 24.6 Å². The van der Waals surface area contributed by atoms with E-state index in [2.05, 4.69) is 33.2 Å². The van der Waals surface area contributed by atoms with Gasteiger partial charge in [0.25, 0.3) is 0 Å². The minimum atomic E-state index is -1.19. The molecule has 1 aliphatic rings. The average molecular weight is 729 g/mol. The van der Waals surface area contributed by atoms with E-state index in [0.29, 0.717) is 37.1 Å². The highest BCUT2D eigenvalue weighted by Gasteiger charge is 2.30. The molecule has 228 valence electrons. The second kappa shape index (κ2) is 18.6. The number of carbonyl (C=O) groups excluding carboxylic acids is 1. The summed E-state index contributed by atoms with van der Waals surface area (Å²) in [6, 6.07) is 4.69. The van der Waals surface area contributed by atoms with E-state index >= 15 is 0 Å². The number of nitrogens with zero attached hydrogens (tertiary/aromatic N) is 1. The molecule has 41 heavy (non-hydrogen) atoms. The zero-order valence-electron chi connectivity index (χ0n) is 22.0. The number of hydrogen-bond donors (Lipinski definition) is 6. The number of ether oxygens (including phenoxy) is 1. The summed E-state index contributed by atoms with van der Waals surface area (Å²) in [6.45, 7) is 0.580. The third kappa shape index (κ3) is 12.8. The molecule has 0 spiro atoms. The summed E-state index contributed by atoms with van der Waals surface area (Å²) in [7, 11) is 2.76. The number of piperidine rings is 1. The lowest BCUT2D eigenvalue weighted by Gasteiger charge is -2.36. The number of aliphatic carboxylic acids is 3. The number of rotatable bonds is 18. The van der Waals surface area contributed by atoms with Crippen molar-refractivity contribution in [2.75, 3.05) is 38.7 Å². The van der Waals surface area contributed by atoms with Gasteiger partial charge in [-0.05, 0) is 30.9 Å². The smallest absolute Gasteiger partial charge is 0.328 e. The van der Waals surface area contributed by atoms with Crippen molar-refractivity contribution in [3.63, 3.8) is 0 Å². The molecule has 1 aliphatic heterocycles. The van der Waals surface area contributed by atoms with E-state index in [-0.39, 0.29) is 40.6 Å². The summed E-state index contributed by atoms with van der Waals surface area (Å²) in [6.07, 6.45) is 2.42. The number of hydrogen-bond acceptors (Lipinski definition) is 10. The molecular formula is C25H34FIN4O8S2. The summed E-state index contributed by atoms with van der Waals surface area (Å²) in [5, 5.41) is 32.3. The van der Waals surface area contributed by atoms with Crippen LogP contribution in [0.1, 0.15) is 28.9 Å². The van der Waals surface area contributed by atoms with Gasteiger partial charge >= 0.3 is 17.9 Å². The van der Waals surface area contributed by atoms with Gasteiger partial charge in [-0.1, -0.05) is 62.4 Å². The first-order chi connectivity index (χ1) is 19.5. The maximum Gasteiger partial charge on any atom is 0.328 e. The summed E-state index contributed by atoms with van der Waals surface area (Å²) in [5.41, 5.74) is 6.65. The summed E-state index contributed by atoms with van der Waals surface area (Å²) in [4.78, 5) is 47.8. The number of nitrogens with two attached hydrogens (primary N) is 1. The first-order valence-electron chi connectivity index (χ1n) is 12.6. The summed E-state index contributed by atoms with van der Waals surface area (Å²) in [5.74, 6) is -4.00. The molecule has 0 aliphatic carbocycles. The average Bonchev–Trinajstić information content (AvgIpc) is 2.92. The van der Waals surface area contributed by atoms with E-state index in [1.54, 1.807) is 18.2 Å². The number of halogens is 2. The Kier molecular flexibility index (Phi) is 15.9. The van der Waals surface area contributed by atoms with Crippen molar-refractivity contribution < 1.29 is 43.6 Å². The molecule has 1 heterocycles. The molecule has 0 aromatic heterocycles. The van der Waals surface area contributed by atoms with Crippen LogP contribution in [0.5, 0.6) is 0 Å². The van der Waals surface area contributed by atoms with E-state index in [9.17, 15) is 28.7 Å². The Labute approximate surface area is 258 Å². The van der Waals surface area contributed by atoms with Gasteiger partial charge in [0.15, 0.2) is 0 Å². The second-order valence-corrected chi connectivity index (χ2v) is 12.8. The Morgan fingerprint density at radius 1 is 1.24 bits per heavy atom. The third-order valence-corrected chi connectivity index (χ3v) is 10.3. The van der Waals surface area contributed by atoms with Crippen LogP contribution in [-0.4, -0.2) is 100 Å². The topological polar surface area (TPSA) is 192 Å². The van der Waals surface area contributed by atoms with Gasteiger partial charge in [0.2, 0.25) is 5.91 Å². The number of likely N-dealkylation sites (tertiary alicyclic amines) is 1. The molecule has 1 saturated heterocycles. The van der Waals surface area contributed by atoms with E-state index in [1.807, 2.05) is 4.90 Å². The molecule has 1 fully saturated rings. The first kappa shape index (κ1) is 35.2. The van der Waals surface area contributed by atoms with Crippen LogP contribution in [0.25, 0.3) is 0 Å². The maximum atomic E-state index is 14.3. The van der Waals surface area contributed by atoms with Crippen LogP contribution >= 0.6 is 44.2 Å². The minimum absolute atomic E-state index is 0.0334. The molecule has 4 atom stereocenters. The predicted molar refractivity (Wildman–Crippen MR) is 162 cm³/mol. The van der Waals surface area contributed by atoms with Gasteiger partial charge in [-0.2, -0.15) is 0 Å². The van der Waals surface area contributed by atoms with E-state index < -0.39 is 42.4 Å². The zero-order valence-corrected chi connectivity index (χ0v) is 25.8. The molecule has 7 N–H and O–H groups in total. The van der Waals surface area contributed by atoms with Crippen LogP contribution in [0, 0.1) is 5.82 Å². The normalized spacial score (nSPS) is 18.9. The highest BCUT2D eigenvalue weighted by molar-refractivity contribution is 14.1. The largest absolute Gasteiger partial charge is 0.480 e. The molecule has 0 saturated carbocycles. The molecule has 12 nitrogen and oxygen atoms in total. The molecule has 1 aromatic carbocycles. The van der Waals surface area contributed by atoms with Gasteiger partial charge in [-0.15, -0.1) is 0 Å². The Morgan fingerprint density at radius 2 is 1.98 bits per heavy atom. The van der Waals surface area contributed by atoms with Crippen LogP contribution < -0.4 is 16.4 Å². The van der Waals surface area contributed by atoms with Gasteiger partial charge in [0, 0.05) is 42.3 Å². The number of nitrogens with one attached hydrogen (secondary N) is 2. The summed E-state index contributed by atoms with van der Waals surface area (Å²) >= 11 is 2.15. The van der Waals surface area contributed by atoms with Crippen LogP contribution in [0.3, 0.4) is 0 Å². The molecule has 16 heteroatoms. The Balaban J connectivity index is 1.93. The van der Waals surface area contributed by atoms with Crippen molar-refractivity contribution >= 4 is 68.0 Å². The van der Waals surface area contributed by atoms with Gasteiger partial charge in [0.1, 0.15) is 18.4 Å². The maximum absolute atomic E-state index is 14.3. The molecule has 4 unspecified atom stereocenters. The second-order valence-electron chi connectivity index (χ2n) is 9.05. The van der Waals surface area contributed by atoms with E-state index in [0.717, 1.165) is 0 Å². The highest BCUT2D eigenvalue weighted by atomic mass is 127. The zero-order chi connectivity index (χ0) is 30.4. The van der Waals surface area contributed by atoms with E-state index in [4.69, 9.17) is 20.7 Å². The van der Waals surface area contributed by atoms with Crippen LogP contribution in [0.2, 0.25) is 0 Å². The molecular weight excluding hydrogens is 694 g/mol. The van der Waals surface area contributed by atoms with E-state index in [1.165, 1.54) is 33.7 Å². The Bertz CT molecular complexity index is 1090. The number of carbonyl (C=O) groups is 4. The standard InChI is InChI=1S/C25H34FIN4O8S2/c26-17-5-2-1-4-16(17)23(27)31-8-7-20(15(12-31)10-21(32)33)41-40-13-19(24(36)29-11-22(34)35)30-14-39-9-3-6-18(28)25(37)38/h1-2,4-5,10,18-20,23,30H,3,6-9,11-14,28H2,(H,29,36)(H,32,33)(H,34,35)(H,37,38)/b15-10-. The lowest BCUT2D eigenvalue weighted by molar-refractivity contribution is -0.139. The van der Waals surface area contributed by atoms with Crippen LogP contribution in [0.15, 0.2) is 35.9 Å². The lowest BCUT2D eigenvalue weighted by atomic mass is 10.0. The Hall–Kier alpha value is -1.96. The first-order valence-corrected chi connectivity index (χ1v) is 16.3. The SMILES string of the molecule is NC(CCCOCNC(CSSC1CCN(C(I)c2ccccc2F)C/C1=C/C(=O)O)C(=O)NCC(=O)O)C(=O)O. The van der Waals surface area contributed by atoms with Crippen molar-refractivity contribution in [3.05, 3.63) is 47.3 Å². The van der Waals surface area contributed by atoms with Crippen molar-refractivity contribution in [2.45, 2.75) is 40.6 Å². The fourth-order valence-corrected chi connectivity index (χ4v) is 7.71. The number of carboxylic acids is 3. The molecule has 1 amide bonds. The molecule has 2 rings (SSSR count). The summed E-state index contributed by atoms with van der Waals surface area (Å²) < 4.78 is 19.5. The number of benzene rings is 1.